The van der Waals surface area contributed by atoms with Crippen LogP contribution in [0.15, 0.2) is 18.2 Å². The number of carbonyl (C=O) groups excluding carboxylic acids is 2. The molecule has 0 saturated carbocycles. The standard InChI is InChI=1S/C13H13NO3/c1-2-17-13(16)12-8-10(9-15)5-6-11(12)4-3-7-14/h5-6,8-9H,2-4H2,1H3. The second-order valence-electron chi connectivity index (χ2n) is 3.41. The molecule has 0 amide bonds. The Kier molecular flexibility index (Phi) is 4.89. The van der Waals surface area contributed by atoms with Gasteiger partial charge in [0.1, 0.15) is 6.29 Å². The molecule has 0 aromatic heterocycles. The molecule has 0 aliphatic rings. The molecule has 0 fully saturated rings. The summed E-state index contributed by atoms with van der Waals surface area (Å²) in [6, 6.07) is 6.83. The maximum Gasteiger partial charge on any atom is 0.338 e. The highest BCUT2D eigenvalue weighted by Crippen LogP contribution is 2.14. The van der Waals surface area contributed by atoms with Crippen LogP contribution in [-0.4, -0.2) is 18.9 Å². The summed E-state index contributed by atoms with van der Waals surface area (Å²) in [5.41, 5.74) is 1.52. The van der Waals surface area contributed by atoms with Crippen molar-refractivity contribution >= 4 is 12.3 Å². The first kappa shape index (κ1) is 12.9. The first-order valence-electron chi connectivity index (χ1n) is 5.35. The zero-order valence-corrected chi connectivity index (χ0v) is 9.60. The molecule has 0 unspecified atom stereocenters. The Bertz CT molecular complexity index is 460. The Labute approximate surface area is 99.8 Å². The van der Waals surface area contributed by atoms with E-state index in [1.54, 1.807) is 19.1 Å². The lowest BCUT2D eigenvalue weighted by Gasteiger charge is -2.08. The Hall–Kier alpha value is -2.15. The maximum absolute atomic E-state index is 11.7. The zero-order chi connectivity index (χ0) is 12.7. The van der Waals surface area contributed by atoms with Crippen LogP contribution in [0.5, 0.6) is 0 Å². The van der Waals surface area contributed by atoms with Gasteiger partial charge in [-0.2, -0.15) is 5.26 Å². The number of esters is 1. The van der Waals surface area contributed by atoms with Crippen LogP contribution in [0.2, 0.25) is 0 Å². The van der Waals surface area contributed by atoms with Crippen molar-refractivity contribution in [3.63, 3.8) is 0 Å². The molecule has 0 spiro atoms. The van der Waals surface area contributed by atoms with Gasteiger partial charge in [0.15, 0.2) is 0 Å². The molecule has 0 N–H and O–H groups in total. The molecule has 1 aromatic carbocycles. The third kappa shape index (κ3) is 3.42. The van der Waals surface area contributed by atoms with Gasteiger partial charge >= 0.3 is 5.97 Å². The highest BCUT2D eigenvalue weighted by Gasteiger charge is 2.13. The average Bonchev–Trinajstić information content (AvgIpc) is 2.36. The molecule has 1 aromatic rings. The summed E-state index contributed by atoms with van der Waals surface area (Å²) in [6.45, 7) is 2.00. The summed E-state index contributed by atoms with van der Waals surface area (Å²) < 4.78 is 4.91. The number of hydrogen-bond acceptors (Lipinski definition) is 4. The lowest BCUT2D eigenvalue weighted by atomic mass is 10.0. The van der Waals surface area contributed by atoms with Crippen molar-refractivity contribution in [1.29, 1.82) is 5.26 Å². The molecular formula is C13H13NO3. The largest absolute Gasteiger partial charge is 0.462 e. The van der Waals surface area contributed by atoms with Gasteiger partial charge < -0.3 is 4.74 Å². The van der Waals surface area contributed by atoms with E-state index >= 15 is 0 Å². The molecule has 1 rings (SSSR count). The van der Waals surface area contributed by atoms with E-state index in [1.165, 1.54) is 6.07 Å². The molecule has 88 valence electrons. The predicted octanol–water partition coefficient (Wildman–Crippen LogP) is 2.13. The number of ether oxygens (including phenoxy) is 1. The van der Waals surface area contributed by atoms with Crippen molar-refractivity contribution in [3.05, 3.63) is 34.9 Å². The predicted molar refractivity (Wildman–Crippen MR) is 61.7 cm³/mol. The zero-order valence-electron chi connectivity index (χ0n) is 9.60. The van der Waals surface area contributed by atoms with Gasteiger partial charge in [0, 0.05) is 12.0 Å². The summed E-state index contributed by atoms with van der Waals surface area (Å²) in [5.74, 6) is -0.455. The first-order valence-corrected chi connectivity index (χ1v) is 5.35. The van der Waals surface area contributed by atoms with E-state index < -0.39 is 5.97 Å². The van der Waals surface area contributed by atoms with Crippen molar-refractivity contribution in [2.24, 2.45) is 0 Å². The summed E-state index contributed by atoms with van der Waals surface area (Å²) in [5, 5.41) is 8.54. The molecule has 0 saturated heterocycles. The number of aryl methyl sites for hydroxylation is 1. The van der Waals surface area contributed by atoms with Crippen LogP contribution < -0.4 is 0 Å². The van der Waals surface area contributed by atoms with E-state index in [0.717, 1.165) is 5.56 Å². The number of aldehydes is 1. The third-order valence-electron chi connectivity index (χ3n) is 2.27. The summed E-state index contributed by atoms with van der Waals surface area (Å²) >= 11 is 0. The molecule has 0 heterocycles. The molecule has 4 heteroatoms. The quantitative estimate of drug-likeness (QED) is 0.575. The number of nitrogens with zero attached hydrogens (tertiary/aromatic N) is 1. The molecule has 17 heavy (non-hydrogen) atoms. The Morgan fingerprint density at radius 2 is 2.29 bits per heavy atom. The number of rotatable bonds is 5. The van der Waals surface area contributed by atoms with Crippen molar-refractivity contribution in [1.82, 2.24) is 0 Å². The van der Waals surface area contributed by atoms with Gasteiger partial charge in [0.2, 0.25) is 0 Å². The van der Waals surface area contributed by atoms with Crippen molar-refractivity contribution < 1.29 is 14.3 Å². The first-order chi connectivity index (χ1) is 8.22. The lowest BCUT2D eigenvalue weighted by Crippen LogP contribution is -2.09. The minimum Gasteiger partial charge on any atom is -0.462 e. The number of nitriles is 1. The lowest BCUT2D eigenvalue weighted by molar-refractivity contribution is 0.0525. The van der Waals surface area contributed by atoms with Crippen molar-refractivity contribution in [2.45, 2.75) is 19.8 Å². The van der Waals surface area contributed by atoms with Crippen LogP contribution in [0, 0.1) is 11.3 Å². The van der Waals surface area contributed by atoms with Gasteiger partial charge in [-0.3, -0.25) is 4.79 Å². The van der Waals surface area contributed by atoms with Crippen molar-refractivity contribution in [3.8, 4) is 6.07 Å². The highest BCUT2D eigenvalue weighted by atomic mass is 16.5. The smallest absolute Gasteiger partial charge is 0.338 e. The number of hydrogen-bond donors (Lipinski definition) is 0. The van der Waals surface area contributed by atoms with E-state index in [2.05, 4.69) is 0 Å². The number of carbonyl (C=O) groups is 2. The van der Waals surface area contributed by atoms with Gasteiger partial charge in [-0.15, -0.1) is 0 Å². The van der Waals surface area contributed by atoms with Crippen LogP contribution in [0.3, 0.4) is 0 Å². The van der Waals surface area contributed by atoms with Crippen LogP contribution >= 0.6 is 0 Å². The van der Waals surface area contributed by atoms with Crippen LogP contribution in [0.25, 0.3) is 0 Å². The van der Waals surface area contributed by atoms with Crippen LogP contribution in [0.4, 0.5) is 0 Å². The van der Waals surface area contributed by atoms with E-state index in [4.69, 9.17) is 10.00 Å². The normalized spacial score (nSPS) is 9.41. The fourth-order valence-electron chi connectivity index (χ4n) is 1.47. The van der Waals surface area contributed by atoms with Gasteiger partial charge in [0.25, 0.3) is 0 Å². The van der Waals surface area contributed by atoms with E-state index in [0.29, 0.717) is 30.3 Å². The highest BCUT2D eigenvalue weighted by molar-refractivity contribution is 5.93. The Morgan fingerprint density at radius 3 is 2.88 bits per heavy atom. The Balaban J connectivity index is 3.07. The van der Waals surface area contributed by atoms with Crippen LogP contribution in [-0.2, 0) is 11.2 Å². The summed E-state index contributed by atoms with van der Waals surface area (Å²) in [6.07, 6.45) is 1.48. The van der Waals surface area contributed by atoms with Gasteiger partial charge in [0.05, 0.1) is 18.2 Å². The molecular weight excluding hydrogens is 218 g/mol. The fourth-order valence-corrected chi connectivity index (χ4v) is 1.47. The molecule has 0 bridgehead atoms. The minimum absolute atomic E-state index is 0.280. The van der Waals surface area contributed by atoms with E-state index in [1.807, 2.05) is 6.07 Å². The average molecular weight is 231 g/mol. The van der Waals surface area contributed by atoms with E-state index in [9.17, 15) is 9.59 Å². The van der Waals surface area contributed by atoms with Crippen molar-refractivity contribution in [2.75, 3.05) is 6.61 Å². The molecule has 0 radical (unpaired) electrons. The summed E-state index contributed by atoms with van der Waals surface area (Å²) in [4.78, 5) is 22.3. The summed E-state index contributed by atoms with van der Waals surface area (Å²) in [7, 11) is 0. The second kappa shape index (κ2) is 6.44. The maximum atomic E-state index is 11.7. The molecule has 4 nitrogen and oxygen atoms in total. The monoisotopic (exact) mass is 231 g/mol. The minimum atomic E-state index is -0.455. The van der Waals surface area contributed by atoms with E-state index in [-0.39, 0.29) is 6.61 Å². The van der Waals surface area contributed by atoms with Gasteiger partial charge in [-0.05, 0) is 25.0 Å². The molecule has 0 aliphatic heterocycles. The molecule has 0 atom stereocenters. The fraction of sp³-hybridized carbons (Fsp3) is 0.308. The van der Waals surface area contributed by atoms with Crippen LogP contribution in [0.1, 0.15) is 39.6 Å². The number of benzene rings is 1. The Morgan fingerprint density at radius 1 is 1.53 bits per heavy atom. The third-order valence-corrected chi connectivity index (χ3v) is 2.27. The van der Waals surface area contributed by atoms with Gasteiger partial charge in [-0.1, -0.05) is 12.1 Å². The SMILES string of the molecule is CCOC(=O)c1cc(C=O)ccc1CCC#N. The van der Waals surface area contributed by atoms with Gasteiger partial charge in [-0.25, -0.2) is 4.79 Å². The molecule has 0 aliphatic carbocycles. The topological polar surface area (TPSA) is 67.2 Å². The second-order valence-corrected chi connectivity index (χ2v) is 3.41.